The zero-order valence-electron chi connectivity index (χ0n) is 17.8. The first-order valence-electron chi connectivity index (χ1n) is 10.7. The van der Waals surface area contributed by atoms with E-state index in [-0.39, 0.29) is 11.1 Å². The van der Waals surface area contributed by atoms with Gasteiger partial charge in [-0.15, -0.1) is 12.6 Å². The van der Waals surface area contributed by atoms with Crippen LogP contribution in [0.15, 0.2) is 66.0 Å². The quantitative estimate of drug-likeness (QED) is 0.343. The summed E-state index contributed by atoms with van der Waals surface area (Å²) in [7, 11) is 0. The van der Waals surface area contributed by atoms with Crippen LogP contribution in [0.1, 0.15) is 29.0 Å². The summed E-state index contributed by atoms with van der Waals surface area (Å²) in [5.74, 6) is -0.232. The Hall–Kier alpha value is -4.12. The molecule has 4 aromatic heterocycles. The molecule has 0 saturated carbocycles. The van der Waals surface area contributed by atoms with Gasteiger partial charge in [0.1, 0.15) is 28.2 Å². The lowest BCUT2D eigenvalue weighted by atomic mass is 10.1. The van der Waals surface area contributed by atoms with E-state index in [0.29, 0.717) is 46.8 Å². The van der Waals surface area contributed by atoms with E-state index in [0.717, 1.165) is 6.42 Å². The number of carboxylic acids is 1. The zero-order valence-corrected chi connectivity index (χ0v) is 18.7. The van der Waals surface area contributed by atoms with Crippen LogP contribution in [0.4, 0.5) is 5.82 Å². The monoisotopic (exact) mass is 473 g/mol. The van der Waals surface area contributed by atoms with E-state index in [2.05, 4.69) is 15.0 Å². The molecule has 1 saturated heterocycles. The van der Waals surface area contributed by atoms with Crippen LogP contribution in [-0.4, -0.2) is 46.8 Å². The van der Waals surface area contributed by atoms with Crippen molar-refractivity contribution in [1.29, 1.82) is 0 Å². The van der Waals surface area contributed by atoms with Gasteiger partial charge in [0.2, 0.25) is 0 Å². The molecule has 0 bridgehead atoms. The summed E-state index contributed by atoms with van der Waals surface area (Å²) in [4.78, 5) is 37.9. The highest BCUT2D eigenvalue weighted by atomic mass is 32.1. The number of fused-ring (bicyclic) bond motifs is 2. The maximum absolute atomic E-state index is 13.6. The number of carboxylic acid groups (broad SMARTS) is 1. The van der Waals surface area contributed by atoms with Crippen molar-refractivity contribution in [3.8, 4) is 5.69 Å². The second kappa shape index (κ2) is 7.45. The van der Waals surface area contributed by atoms with Gasteiger partial charge in [-0.05, 0) is 37.1 Å². The van der Waals surface area contributed by atoms with E-state index < -0.39 is 10.8 Å². The number of aromatic carboxylic acids is 1. The van der Waals surface area contributed by atoms with Crippen molar-refractivity contribution in [2.45, 2.75) is 17.7 Å². The number of anilines is 1. The number of nitrogens with zero attached hydrogens (tertiary/aromatic N) is 6. The summed E-state index contributed by atoms with van der Waals surface area (Å²) >= 11 is 5.12. The van der Waals surface area contributed by atoms with Gasteiger partial charge >= 0.3 is 5.97 Å². The molecule has 0 radical (unpaired) electrons. The van der Waals surface area contributed by atoms with Gasteiger partial charge < -0.3 is 15.0 Å². The lowest BCUT2D eigenvalue weighted by Gasteiger charge is -2.36. The third-order valence-electron chi connectivity index (χ3n) is 6.23. The fraction of sp³-hybridized carbons (Fsp3) is 0.174. The average molecular weight is 474 g/mol. The number of aromatic nitrogens is 6. The number of aromatic amines is 1. The molecule has 11 heteroatoms. The van der Waals surface area contributed by atoms with Crippen LogP contribution >= 0.6 is 12.6 Å². The maximum Gasteiger partial charge on any atom is 0.338 e. The number of para-hydroxylation sites is 1. The minimum atomic E-state index is -1.08. The molecule has 1 aliphatic heterocycles. The van der Waals surface area contributed by atoms with Gasteiger partial charge in [0.15, 0.2) is 5.82 Å². The highest BCUT2D eigenvalue weighted by molar-refractivity contribution is 7.81. The number of H-pyrrole nitrogens is 1. The second-order valence-electron chi connectivity index (χ2n) is 8.14. The minimum Gasteiger partial charge on any atom is -0.478 e. The standard InChI is InChI=1S/C23H19N7O3S/c31-20-16-8-4-11-29(16)27-22(30(20)14-6-2-1-3-7-14)23(34)9-5-10-28(23)19-17-15(21(32)33)12-24-18(17)25-13-26-19/h1-4,6-8,11-13,34H,5,9-10H2,(H,32,33)(H,24,25,26). The lowest BCUT2D eigenvalue weighted by molar-refractivity contribution is 0.0699. The Kier molecular flexibility index (Phi) is 4.49. The molecule has 5 heterocycles. The Morgan fingerprint density at radius 3 is 2.76 bits per heavy atom. The molecule has 10 nitrogen and oxygen atoms in total. The molecule has 0 aliphatic carbocycles. The van der Waals surface area contributed by atoms with Crippen molar-refractivity contribution < 1.29 is 9.90 Å². The summed E-state index contributed by atoms with van der Waals surface area (Å²) in [6.45, 7) is 0.550. The first kappa shape index (κ1) is 20.5. The molecule has 1 unspecified atom stereocenters. The number of nitrogens with one attached hydrogen (secondary N) is 1. The van der Waals surface area contributed by atoms with Crippen LogP contribution in [0.3, 0.4) is 0 Å². The van der Waals surface area contributed by atoms with Crippen LogP contribution in [0, 0.1) is 0 Å². The third-order valence-corrected chi connectivity index (χ3v) is 6.89. The molecule has 6 rings (SSSR count). The van der Waals surface area contributed by atoms with Crippen molar-refractivity contribution in [3.63, 3.8) is 0 Å². The molecule has 0 amide bonds. The number of benzene rings is 1. The Balaban J connectivity index is 1.64. The number of hydrogen-bond donors (Lipinski definition) is 3. The zero-order chi connectivity index (χ0) is 23.4. The molecule has 5 aromatic rings. The Labute approximate surface area is 197 Å². The molecule has 2 N–H and O–H groups in total. The van der Waals surface area contributed by atoms with Gasteiger partial charge in [0, 0.05) is 18.9 Å². The Morgan fingerprint density at radius 2 is 1.97 bits per heavy atom. The van der Waals surface area contributed by atoms with E-state index in [4.69, 9.17) is 17.7 Å². The van der Waals surface area contributed by atoms with E-state index in [1.807, 2.05) is 35.2 Å². The van der Waals surface area contributed by atoms with E-state index in [1.54, 1.807) is 27.4 Å². The molecule has 1 atom stereocenters. The smallest absolute Gasteiger partial charge is 0.338 e. The number of hydrogen-bond acceptors (Lipinski definition) is 7. The molecule has 170 valence electrons. The lowest BCUT2D eigenvalue weighted by Crippen LogP contribution is -2.43. The molecule has 1 fully saturated rings. The molecular weight excluding hydrogens is 454 g/mol. The normalized spacial score (nSPS) is 18.2. The van der Waals surface area contributed by atoms with Crippen molar-refractivity contribution in [3.05, 3.63) is 82.9 Å². The topological polar surface area (TPSA) is 121 Å². The molecule has 34 heavy (non-hydrogen) atoms. The van der Waals surface area contributed by atoms with Crippen LogP contribution in [-0.2, 0) is 4.87 Å². The predicted molar refractivity (Wildman–Crippen MR) is 129 cm³/mol. The van der Waals surface area contributed by atoms with Gasteiger partial charge in [0.05, 0.1) is 16.6 Å². The van der Waals surface area contributed by atoms with E-state index in [1.165, 1.54) is 12.5 Å². The Bertz CT molecular complexity index is 1620. The van der Waals surface area contributed by atoms with Gasteiger partial charge in [-0.2, -0.15) is 5.10 Å². The maximum atomic E-state index is 13.6. The highest BCUT2D eigenvalue weighted by Crippen LogP contribution is 2.45. The van der Waals surface area contributed by atoms with Gasteiger partial charge in [-0.1, -0.05) is 18.2 Å². The predicted octanol–water partition coefficient (Wildman–Crippen LogP) is 2.84. The highest BCUT2D eigenvalue weighted by Gasteiger charge is 2.45. The summed E-state index contributed by atoms with van der Waals surface area (Å²) < 4.78 is 3.13. The Morgan fingerprint density at radius 1 is 1.15 bits per heavy atom. The number of carbonyl (C=O) groups is 1. The van der Waals surface area contributed by atoms with Crippen molar-refractivity contribution in [2.75, 3.05) is 11.4 Å². The van der Waals surface area contributed by atoms with Crippen LogP contribution in [0.2, 0.25) is 0 Å². The second-order valence-corrected chi connectivity index (χ2v) is 8.88. The van der Waals surface area contributed by atoms with Crippen LogP contribution in [0.5, 0.6) is 0 Å². The van der Waals surface area contributed by atoms with E-state index >= 15 is 0 Å². The average Bonchev–Trinajstić information content (AvgIpc) is 3.58. The number of rotatable bonds is 4. The molecule has 1 aliphatic rings. The summed E-state index contributed by atoms with van der Waals surface area (Å²) in [5.41, 5.74) is 1.38. The van der Waals surface area contributed by atoms with Crippen LogP contribution < -0.4 is 10.5 Å². The van der Waals surface area contributed by atoms with Gasteiger partial charge in [-0.25, -0.2) is 19.3 Å². The molecule has 1 aromatic carbocycles. The number of thiol groups is 1. The fourth-order valence-corrected chi connectivity index (χ4v) is 5.20. The van der Waals surface area contributed by atoms with Gasteiger partial charge in [0.25, 0.3) is 5.56 Å². The fourth-order valence-electron chi connectivity index (χ4n) is 4.70. The summed E-state index contributed by atoms with van der Waals surface area (Å²) in [6.07, 6.45) is 5.84. The largest absolute Gasteiger partial charge is 0.478 e. The molecule has 0 spiro atoms. The van der Waals surface area contributed by atoms with Crippen LogP contribution in [0.25, 0.3) is 22.2 Å². The van der Waals surface area contributed by atoms with E-state index in [9.17, 15) is 14.7 Å². The van der Waals surface area contributed by atoms with Crippen molar-refractivity contribution >= 4 is 41.0 Å². The van der Waals surface area contributed by atoms with Crippen molar-refractivity contribution in [2.24, 2.45) is 0 Å². The van der Waals surface area contributed by atoms with Gasteiger partial charge in [-0.3, -0.25) is 9.36 Å². The summed E-state index contributed by atoms with van der Waals surface area (Å²) in [5, 5.41) is 15.0. The first-order chi connectivity index (χ1) is 16.5. The molecular formula is C23H19N7O3S. The SMILES string of the molecule is O=C(O)c1c[nH]c2ncnc(N3CCCC3(S)c3nn4cccc4c(=O)n3-c3ccccc3)c12. The minimum absolute atomic E-state index is 0.0717. The third kappa shape index (κ3) is 2.86. The summed E-state index contributed by atoms with van der Waals surface area (Å²) in [6, 6.07) is 12.8. The van der Waals surface area contributed by atoms with Crippen molar-refractivity contribution in [1.82, 2.24) is 29.1 Å². The first-order valence-corrected chi connectivity index (χ1v) is 11.2.